The highest BCUT2D eigenvalue weighted by Gasteiger charge is 2.17. The van der Waals surface area contributed by atoms with Crippen molar-refractivity contribution in [2.45, 2.75) is 52.4 Å². The number of unbranched alkanes of at least 4 members (excludes halogenated alkanes) is 1. The number of amides is 2. The molecule has 1 aliphatic carbocycles. The average molecular weight is 344 g/mol. The van der Waals surface area contributed by atoms with Gasteiger partial charge in [-0.15, -0.1) is 0 Å². The first kappa shape index (κ1) is 19.0. The Balaban J connectivity index is 1.93. The summed E-state index contributed by atoms with van der Waals surface area (Å²) in [6.45, 7) is 4.48. The average Bonchev–Trinajstić information content (AvgIpc) is 3.15. The maximum Gasteiger partial charge on any atom is 0.340 e. The molecule has 0 aliphatic heterocycles. The summed E-state index contributed by atoms with van der Waals surface area (Å²) in [5.74, 6) is 0.156. The summed E-state index contributed by atoms with van der Waals surface area (Å²) < 4.78 is 5.23. The molecule has 5 heteroatoms. The summed E-state index contributed by atoms with van der Waals surface area (Å²) in [4.78, 5) is 24.3. The largest absolute Gasteiger partial charge is 0.462 e. The van der Waals surface area contributed by atoms with Crippen LogP contribution in [-0.4, -0.2) is 18.6 Å². The zero-order valence-electron chi connectivity index (χ0n) is 15.1. The van der Waals surface area contributed by atoms with Gasteiger partial charge in [0, 0.05) is 6.20 Å². The minimum absolute atomic E-state index is 0.355. The van der Waals surface area contributed by atoms with E-state index in [0.29, 0.717) is 23.8 Å². The van der Waals surface area contributed by atoms with Crippen LogP contribution in [0.4, 0.5) is 10.5 Å². The lowest BCUT2D eigenvalue weighted by molar-refractivity contribution is 0.0501. The lowest BCUT2D eigenvalue weighted by atomic mass is 10.0. The lowest BCUT2D eigenvalue weighted by Gasteiger charge is -2.12. The third-order valence-electron chi connectivity index (χ3n) is 4.56. The summed E-state index contributed by atoms with van der Waals surface area (Å²) in [5.41, 5.74) is 2.01. The van der Waals surface area contributed by atoms with Gasteiger partial charge in [0.1, 0.15) is 0 Å². The van der Waals surface area contributed by atoms with Crippen LogP contribution in [0.2, 0.25) is 0 Å². The van der Waals surface area contributed by atoms with Crippen molar-refractivity contribution in [3.63, 3.8) is 0 Å². The standard InChI is InChI=1S/C20H28N2O3/c1-3-4-13-25-19(23)17-11-7-8-12-18(17)22-20(24)21-14-15(2)16-9-5-6-10-16/h7-8,11-12,14,16H,3-6,9-10,13H2,1-2H3,(H2,21,22,24)/b15-14+. The van der Waals surface area contributed by atoms with Gasteiger partial charge in [-0.05, 0) is 44.2 Å². The van der Waals surface area contributed by atoms with Crippen LogP contribution >= 0.6 is 0 Å². The predicted octanol–water partition coefficient (Wildman–Crippen LogP) is 4.86. The number of esters is 1. The minimum atomic E-state index is -0.415. The number of benzene rings is 1. The number of allylic oxidation sites excluding steroid dienone is 1. The fourth-order valence-electron chi connectivity index (χ4n) is 2.99. The zero-order valence-corrected chi connectivity index (χ0v) is 15.1. The first-order valence-electron chi connectivity index (χ1n) is 9.12. The molecule has 5 nitrogen and oxygen atoms in total. The van der Waals surface area contributed by atoms with Crippen LogP contribution in [0.25, 0.3) is 0 Å². The quantitative estimate of drug-likeness (QED) is 0.548. The Hall–Kier alpha value is -2.30. The molecule has 0 atom stereocenters. The molecular formula is C20H28N2O3. The summed E-state index contributed by atoms with van der Waals surface area (Å²) in [6, 6.07) is 6.53. The molecule has 0 bridgehead atoms. The number of carbonyl (C=O) groups excluding carboxylic acids is 2. The van der Waals surface area contributed by atoms with Gasteiger partial charge in [-0.3, -0.25) is 0 Å². The van der Waals surface area contributed by atoms with Crippen molar-refractivity contribution in [3.05, 3.63) is 41.6 Å². The summed E-state index contributed by atoms with van der Waals surface area (Å²) >= 11 is 0. The number of anilines is 1. The lowest BCUT2D eigenvalue weighted by Crippen LogP contribution is -2.26. The van der Waals surface area contributed by atoms with Gasteiger partial charge in [-0.25, -0.2) is 9.59 Å². The summed E-state index contributed by atoms with van der Waals surface area (Å²) in [6.07, 6.45) is 8.46. The fraction of sp³-hybridized carbons (Fsp3) is 0.500. The topological polar surface area (TPSA) is 67.4 Å². The van der Waals surface area contributed by atoms with Crippen LogP contribution in [-0.2, 0) is 4.74 Å². The highest BCUT2D eigenvalue weighted by molar-refractivity contribution is 6.01. The van der Waals surface area contributed by atoms with E-state index in [-0.39, 0.29) is 6.03 Å². The van der Waals surface area contributed by atoms with Crippen molar-refractivity contribution >= 4 is 17.7 Å². The SMILES string of the molecule is CCCCOC(=O)c1ccccc1NC(=O)N/C=C(\C)C1CCCC1. The van der Waals surface area contributed by atoms with Gasteiger partial charge in [0.15, 0.2) is 0 Å². The number of carbonyl (C=O) groups is 2. The molecule has 0 unspecified atom stereocenters. The second-order valence-electron chi connectivity index (χ2n) is 6.50. The highest BCUT2D eigenvalue weighted by Crippen LogP contribution is 2.30. The van der Waals surface area contributed by atoms with E-state index in [1.54, 1.807) is 30.5 Å². The van der Waals surface area contributed by atoms with Gasteiger partial charge < -0.3 is 15.4 Å². The number of hydrogen-bond donors (Lipinski definition) is 2. The van der Waals surface area contributed by atoms with Gasteiger partial charge in [-0.1, -0.05) is 43.9 Å². The molecule has 1 fully saturated rings. The van der Waals surface area contributed by atoms with Crippen molar-refractivity contribution in [2.24, 2.45) is 5.92 Å². The molecule has 1 aromatic carbocycles. The van der Waals surface area contributed by atoms with Crippen LogP contribution in [0.5, 0.6) is 0 Å². The first-order chi connectivity index (χ1) is 12.1. The second-order valence-corrected chi connectivity index (χ2v) is 6.50. The molecule has 136 valence electrons. The van der Waals surface area contributed by atoms with Gasteiger partial charge >= 0.3 is 12.0 Å². The van der Waals surface area contributed by atoms with E-state index >= 15 is 0 Å². The monoisotopic (exact) mass is 344 g/mol. The van der Waals surface area contributed by atoms with E-state index in [4.69, 9.17) is 4.74 Å². The molecule has 2 N–H and O–H groups in total. The predicted molar refractivity (Wildman–Crippen MR) is 99.5 cm³/mol. The van der Waals surface area contributed by atoms with Gasteiger partial charge in [0.05, 0.1) is 17.9 Å². The van der Waals surface area contributed by atoms with E-state index in [0.717, 1.165) is 12.8 Å². The van der Waals surface area contributed by atoms with Gasteiger partial charge in [0.25, 0.3) is 0 Å². The molecule has 1 aliphatic rings. The Labute approximate surface area is 149 Å². The smallest absolute Gasteiger partial charge is 0.340 e. The molecule has 0 saturated heterocycles. The van der Waals surface area contributed by atoms with Crippen LogP contribution in [0, 0.1) is 5.92 Å². The third kappa shape index (κ3) is 5.93. The van der Waals surface area contributed by atoms with Crippen molar-refractivity contribution in [1.29, 1.82) is 0 Å². The molecule has 2 rings (SSSR count). The van der Waals surface area contributed by atoms with Gasteiger partial charge in [-0.2, -0.15) is 0 Å². The van der Waals surface area contributed by atoms with E-state index in [1.165, 1.54) is 31.3 Å². The van der Waals surface area contributed by atoms with Crippen LogP contribution < -0.4 is 10.6 Å². The third-order valence-corrected chi connectivity index (χ3v) is 4.56. The number of urea groups is 1. The van der Waals surface area contributed by atoms with E-state index in [9.17, 15) is 9.59 Å². The molecule has 0 spiro atoms. The molecule has 0 radical (unpaired) electrons. The molecule has 1 aromatic rings. The van der Waals surface area contributed by atoms with Crippen molar-refractivity contribution < 1.29 is 14.3 Å². The Morgan fingerprint density at radius 2 is 1.96 bits per heavy atom. The van der Waals surface area contributed by atoms with Crippen molar-refractivity contribution in [1.82, 2.24) is 5.32 Å². The number of nitrogens with one attached hydrogen (secondary N) is 2. The van der Waals surface area contributed by atoms with E-state index in [2.05, 4.69) is 17.6 Å². The minimum Gasteiger partial charge on any atom is -0.462 e. The molecule has 25 heavy (non-hydrogen) atoms. The molecule has 0 aromatic heterocycles. The number of hydrogen-bond acceptors (Lipinski definition) is 3. The maximum absolute atomic E-state index is 12.2. The highest BCUT2D eigenvalue weighted by atomic mass is 16.5. The number of para-hydroxylation sites is 1. The van der Waals surface area contributed by atoms with Crippen molar-refractivity contribution in [2.75, 3.05) is 11.9 Å². The zero-order chi connectivity index (χ0) is 18.1. The van der Waals surface area contributed by atoms with E-state index in [1.807, 2.05) is 6.92 Å². The Morgan fingerprint density at radius 3 is 2.68 bits per heavy atom. The molecule has 0 heterocycles. The first-order valence-corrected chi connectivity index (χ1v) is 9.12. The Bertz CT molecular complexity index is 619. The molecular weight excluding hydrogens is 316 g/mol. The normalized spacial score (nSPS) is 15.0. The van der Waals surface area contributed by atoms with Crippen LogP contribution in [0.15, 0.2) is 36.0 Å². The number of ether oxygens (including phenoxy) is 1. The summed E-state index contributed by atoms with van der Waals surface area (Å²) in [5, 5.41) is 5.49. The maximum atomic E-state index is 12.2. The Morgan fingerprint density at radius 1 is 1.24 bits per heavy atom. The van der Waals surface area contributed by atoms with Crippen LogP contribution in [0.1, 0.15) is 62.7 Å². The number of rotatable bonds is 7. The van der Waals surface area contributed by atoms with Crippen molar-refractivity contribution in [3.8, 4) is 0 Å². The fourth-order valence-corrected chi connectivity index (χ4v) is 2.99. The second kappa shape index (κ2) is 9.87. The molecule has 1 saturated carbocycles. The summed E-state index contributed by atoms with van der Waals surface area (Å²) in [7, 11) is 0. The van der Waals surface area contributed by atoms with Crippen LogP contribution in [0.3, 0.4) is 0 Å². The Kier molecular flexibility index (Phi) is 7.51. The van der Waals surface area contributed by atoms with Gasteiger partial charge in [0.2, 0.25) is 0 Å². The van der Waals surface area contributed by atoms with E-state index < -0.39 is 5.97 Å². The molecule has 2 amide bonds.